The van der Waals surface area contributed by atoms with Gasteiger partial charge in [-0.15, -0.1) is 0 Å². The minimum absolute atomic E-state index is 0.00962. The summed E-state index contributed by atoms with van der Waals surface area (Å²) >= 11 is 0. The third kappa shape index (κ3) is 16.2. The number of esters is 1. The summed E-state index contributed by atoms with van der Waals surface area (Å²) in [7, 11) is 1.44. The number of aromatic hydroxyl groups is 1. The average molecular weight is 971 g/mol. The van der Waals surface area contributed by atoms with Crippen molar-refractivity contribution in [2.45, 2.75) is 181 Å². The van der Waals surface area contributed by atoms with E-state index in [1.165, 1.54) is 31.0 Å². The van der Waals surface area contributed by atoms with Crippen LogP contribution in [0.3, 0.4) is 0 Å². The molecule has 2 saturated carbocycles. The van der Waals surface area contributed by atoms with Crippen LogP contribution < -0.4 is 38.1 Å². The molecule has 7 amide bonds. The fourth-order valence-corrected chi connectivity index (χ4v) is 8.40. The monoisotopic (exact) mass is 971 g/mol. The second-order valence-electron chi connectivity index (χ2n) is 19.7. The van der Waals surface area contributed by atoms with E-state index in [0.717, 1.165) is 0 Å². The molecular weight excluding hydrogens is 893 g/mol. The second-order valence-corrected chi connectivity index (χ2v) is 19.7. The van der Waals surface area contributed by atoms with Crippen molar-refractivity contribution in [2.24, 2.45) is 41.1 Å². The molecule has 10 unspecified atom stereocenters. The minimum Gasteiger partial charge on any atom is -0.508 e. The molecule has 20 heteroatoms. The maximum Gasteiger partial charge on any atom is 0.329 e. The molecule has 0 radical (unpaired) electrons. The number of hydrogen-bond acceptors (Lipinski definition) is 13. The Morgan fingerprint density at radius 3 is 1.94 bits per heavy atom. The van der Waals surface area contributed by atoms with Gasteiger partial charge in [-0.05, 0) is 74.5 Å². The Morgan fingerprint density at radius 2 is 1.38 bits per heavy atom. The summed E-state index contributed by atoms with van der Waals surface area (Å²) in [5, 5.41) is 33.8. The van der Waals surface area contributed by atoms with E-state index in [-0.39, 0.29) is 61.9 Å². The third-order valence-electron chi connectivity index (χ3n) is 13.7. The van der Waals surface area contributed by atoms with Gasteiger partial charge in [0.2, 0.25) is 41.4 Å². The number of amides is 7. The molecule has 2 aliphatic carbocycles. The Labute approximate surface area is 405 Å². The molecule has 0 saturated heterocycles. The number of nitrogens with zero attached hydrogens (tertiary/aromatic N) is 1. The number of phenols is 1. The first-order valence-corrected chi connectivity index (χ1v) is 24.3. The molecule has 2 fully saturated rings. The third-order valence-corrected chi connectivity index (χ3v) is 13.7. The first-order chi connectivity index (χ1) is 32.3. The van der Waals surface area contributed by atoms with Crippen molar-refractivity contribution >= 4 is 53.1 Å². The Morgan fingerprint density at radius 1 is 0.783 bits per heavy atom. The number of nitrogens with two attached hydrogens (primary N) is 2. The number of hydrogen-bond donors (Lipinski definition) is 9. The predicted octanol–water partition coefficient (Wildman–Crippen LogP) is 1.01. The molecule has 11 N–H and O–H groups in total. The number of fused-ring (bicyclic) bond motifs is 1. The van der Waals surface area contributed by atoms with Gasteiger partial charge in [-0.25, -0.2) is 4.79 Å². The average Bonchev–Trinajstić information content (AvgIpc) is 4.02. The van der Waals surface area contributed by atoms with Crippen molar-refractivity contribution < 1.29 is 58.1 Å². The smallest absolute Gasteiger partial charge is 0.329 e. The van der Waals surface area contributed by atoms with E-state index in [2.05, 4.69) is 26.6 Å². The van der Waals surface area contributed by atoms with Gasteiger partial charge in [0.1, 0.15) is 47.8 Å². The van der Waals surface area contributed by atoms with Gasteiger partial charge in [-0.3, -0.25) is 38.4 Å². The van der Waals surface area contributed by atoms with Gasteiger partial charge in [-0.1, -0.05) is 80.4 Å². The molecular formula is C49H78N8O12. The highest BCUT2D eigenvalue weighted by Crippen LogP contribution is 2.51. The maximum atomic E-state index is 14.5. The number of aliphatic hydroxyl groups is 1. The van der Waals surface area contributed by atoms with Gasteiger partial charge >= 0.3 is 5.97 Å². The fraction of sp³-hybridized carbons (Fsp3) is 0.694. The number of carbonyl (C=O) groups excluding carboxylic acids is 9. The molecule has 13 atom stereocenters. The van der Waals surface area contributed by atoms with Crippen molar-refractivity contribution in [1.29, 1.82) is 0 Å². The molecule has 0 spiro atoms. The summed E-state index contributed by atoms with van der Waals surface area (Å²) in [5.41, 5.74) is 11.4. The zero-order chi connectivity index (χ0) is 52.1. The zero-order valence-electron chi connectivity index (χ0n) is 42.0. The van der Waals surface area contributed by atoms with Gasteiger partial charge < -0.3 is 57.9 Å². The van der Waals surface area contributed by atoms with Crippen LogP contribution in [-0.4, -0.2) is 129 Å². The maximum absolute atomic E-state index is 14.5. The van der Waals surface area contributed by atoms with Crippen molar-refractivity contribution in [1.82, 2.24) is 31.5 Å². The van der Waals surface area contributed by atoms with E-state index < -0.39 is 119 Å². The summed E-state index contributed by atoms with van der Waals surface area (Å²) in [6.45, 7) is 15.5. The lowest BCUT2D eigenvalue weighted by Crippen LogP contribution is -2.62. The van der Waals surface area contributed by atoms with E-state index in [9.17, 15) is 53.4 Å². The summed E-state index contributed by atoms with van der Waals surface area (Å²) in [4.78, 5) is 124. The SMILES string of the molecule is CCC(C)C(=O)NC(CCC(N)=O)C(=O)N[C@H](C(=O)NC(CC(C)C)C(=O)NC12CC1C(=O)C[C@@H](O)C2)C(C)OC(=O)[C@@H](NC(=O)C(Cc1ccc(O)cc1)N(C)C(=O)C(N)C(C)CC)C(C)CC. The van der Waals surface area contributed by atoms with Crippen molar-refractivity contribution in [3.8, 4) is 5.75 Å². The number of aliphatic hydroxyl groups excluding tert-OH is 1. The van der Waals surface area contributed by atoms with E-state index in [0.29, 0.717) is 31.2 Å². The highest BCUT2D eigenvalue weighted by molar-refractivity contribution is 5.97. The normalized spacial score (nSPS) is 21.8. The first-order valence-electron chi connectivity index (χ1n) is 24.3. The van der Waals surface area contributed by atoms with E-state index >= 15 is 0 Å². The van der Waals surface area contributed by atoms with Crippen LogP contribution in [0, 0.1) is 29.6 Å². The molecule has 2 aliphatic rings. The highest BCUT2D eigenvalue weighted by Gasteiger charge is 2.62. The topological polar surface area (TPSA) is 319 Å². The Bertz CT molecular complexity index is 2000. The summed E-state index contributed by atoms with van der Waals surface area (Å²) in [6.07, 6.45) is -1.11. The molecule has 3 rings (SSSR count). The van der Waals surface area contributed by atoms with Gasteiger partial charge in [0, 0.05) is 38.1 Å². The number of benzene rings is 1. The number of nitrogens with one attached hydrogen (secondary N) is 5. The van der Waals surface area contributed by atoms with Crippen molar-refractivity contribution in [3.63, 3.8) is 0 Å². The number of Topliss-reactive ketones (excluding diaryl/α,β-unsaturated/α-hetero) is 1. The fourth-order valence-electron chi connectivity index (χ4n) is 8.40. The Balaban J connectivity index is 2.02. The molecule has 69 heavy (non-hydrogen) atoms. The second kappa shape index (κ2) is 25.8. The van der Waals surface area contributed by atoms with Crippen LogP contribution in [0.1, 0.15) is 126 Å². The number of primary amides is 1. The lowest BCUT2D eigenvalue weighted by Gasteiger charge is -2.34. The van der Waals surface area contributed by atoms with E-state index in [4.69, 9.17) is 16.2 Å². The molecule has 0 bridgehead atoms. The molecule has 1 aromatic rings. The van der Waals surface area contributed by atoms with Gasteiger partial charge in [0.25, 0.3) is 0 Å². The molecule has 1 aromatic carbocycles. The number of likely N-dealkylation sites (N-methyl/N-ethyl adjacent to an activating group) is 1. The number of ether oxygens (including phenoxy) is 1. The Hall–Kier alpha value is -5.63. The van der Waals surface area contributed by atoms with E-state index in [1.807, 2.05) is 27.7 Å². The molecule has 20 nitrogen and oxygen atoms in total. The van der Waals surface area contributed by atoms with Crippen LogP contribution in [0.5, 0.6) is 5.75 Å². The van der Waals surface area contributed by atoms with Crippen LogP contribution in [-0.2, 0) is 54.3 Å². The summed E-state index contributed by atoms with van der Waals surface area (Å²) < 4.78 is 5.94. The molecule has 0 aliphatic heterocycles. The molecule has 0 aromatic heterocycles. The summed E-state index contributed by atoms with van der Waals surface area (Å²) in [5.74, 6) is -8.19. The lowest BCUT2D eigenvalue weighted by molar-refractivity contribution is -0.158. The molecule has 0 heterocycles. The quantitative estimate of drug-likeness (QED) is 0.0557. The molecule has 386 valence electrons. The predicted molar refractivity (Wildman–Crippen MR) is 255 cm³/mol. The number of ketones is 1. The van der Waals surface area contributed by atoms with Crippen LogP contribution in [0.15, 0.2) is 24.3 Å². The standard InChI is InChI=1S/C49H78N8O12/c1-11-26(6)39(51)47(67)57(10)36(21-30-14-16-31(58)17-15-30)45(65)54-40(27(7)12-2)48(68)69-29(9)41(55-43(63)34(18-19-38(50)61)52-42(62)28(8)13-3)46(66)53-35(20-25(4)5)44(64)56-49-23-32(59)22-37(60)33(49)24-49/h14-17,25-29,32-36,39-41,58-59H,11-13,18-24,51H2,1-10H3,(H2,50,61)(H,52,62)(H,53,66)(H,54,65)(H,55,63)(H,56,64)/t26?,27?,28?,29?,32-,33?,34?,35?,36?,39?,40+,41+,49?/m1/s1. The number of phenolic OH excluding ortho intramolecular Hbond substituents is 1. The van der Waals surface area contributed by atoms with Crippen LogP contribution in [0.25, 0.3) is 0 Å². The van der Waals surface area contributed by atoms with Crippen LogP contribution in [0.4, 0.5) is 0 Å². The van der Waals surface area contributed by atoms with Crippen LogP contribution in [0.2, 0.25) is 0 Å². The lowest BCUT2D eigenvalue weighted by atomic mass is 9.91. The number of carbonyl (C=O) groups is 9. The first kappa shape index (κ1) is 57.7. The number of rotatable bonds is 27. The van der Waals surface area contributed by atoms with Gasteiger partial charge in [0.05, 0.1) is 17.7 Å². The van der Waals surface area contributed by atoms with Gasteiger partial charge in [0.15, 0.2) is 0 Å². The van der Waals surface area contributed by atoms with Crippen LogP contribution >= 0.6 is 0 Å². The highest BCUT2D eigenvalue weighted by atomic mass is 16.5. The summed E-state index contributed by atoms with van der Waals surface area (Å²) in [6, 6.07) is -1.79. The zero-order valence-corrected chi connectivity index (χ0v) is 42.0. The van der Waals surface area contributed by atoms with Crippen molar-refractivity contribution in [2.75, 3.05) is 7.05 Å². The largest absolute Gasteiger partial charge is 0.508 e. The Kier molecular flexibility index (Phi) is 21.6. The van der Waals surface area contributed by atoms with Crippen molar-refractivity contribution in [3.05, 3.63) is 29.8 Å². The minimum atomic E-state index is -1.74. The van der Waals surface area contributed by atoms with Gasteiger partial charge in [-0.2, -0.15) is 0 Å². The van der Waals surface area contributed by atoms with E-state index in [1.54, 1.807) is 39.8 Å².